The molecule has 0 bridgehead atoms. The highest BCUT2D eigenvalue weighted by molar-refractivity contribution is 6.22. The average Bonchev–Trinajstić information content (AvgIpc) is 2.90. The summed E-state index contributed by atoms with van der Waals surface area (Å²) in [5.74, 6) is 0.333. The van der Waals surface area contributed by atoms with Gasteiger partial charge in [-0.3, -0.25) is 14.5 Å². The highest BCUT2D eigenvalue weighted by atomic mass is 16.5. The molecule has 0 radical (unpaired) electrons. The molecule has 2 fully saturated rings. The van der Waals surface area contributed by atoms with E-state index in [4.69, 9.17) is 9.47 Å². The van der Waals surface area contributed by atoms with Crippen molar-refractivity contribution in [3.8, 4) is 5.75 Å². The Hall–Kier alpha value is -1.96. The standard InChI is InChI=1S/C17H23N3O4/c1-23-14-4-2-13(3-5-14)20-16(21)12-15(17(20)22)18-6-7-19-8-10-24-11-9-19/h2-5,15,18H,6-12H2,1H3/t15-/m1/s1. The second kappa shape index (κ2) is 7.74. The fourth-order valence-electron chi connectivity index (χ4n) is 3.02. The summed E-state index contributed by atoms with van der Waals surface area (Å²) in [6.45, 7) is 4.87. The number of nitrogens with zero attached hydrogens (tertiary/aromatic N) is 2. The molecular formula is C17H23N3O4. The lowest BCUT2D eigenvalue weighted by molar-refractivity contribution is -0.121. The van der Waals surface area contributed by atoms with Crippen LogP contribution in [-0.4, -0.2) is 69.3 Å². The molecule has 0 unspecified atom stereocenters. The molecule has 0 aliphatic carbocycles. The molecule has 3 rings (SSSR count). The van der Waals surface area contributed by atoms with E-state index in [9.17, 15) is 9.59 Å². The normalized spacial score (nSPS) is 22.2. The maximum atomic E-state index is 12.5. The zero-order chi connectivity index (χ0) is 16.9. The van der Waals surface area contributed by atoms with Gasteiger partial charge in [-0.05, 0) is 24.3 Å². The van der Waals surface area contributed by atoms with E-state index in [1.54, 1.807) is 31.4 Å². The summed E-state index contributed by atoms with van der Waals surface area (Å²) in [6, 6.07) is 6.50. The molecule has 2 saturated heterocycles. The molecule has 0 saturated carbocycles. The summed E-state index contributed by atoms with van der Waals surface area (Å²) >= 11 is 0. The summed E-state index contributed by atoms with van der Waals surface area (Å²) in [4.78, 5) is 28.3. The number of nitrogens with one attached hydrogen (secondary N) is 1. The van der Waals surface area contributed by atoms with Crippen molar-refractivity contribution in [2.45, 2.75) is 12.5 Å². The second-order valence-electron chi connectivity index (χ2n) is 5.93. The Morgan fingerprint density at radius 1 is 1.21 bits per heavy atom. The average molecular weight is 333 g/mol. The van der Waals surface area contributed by atoms with E-state index in [-0.39, 0.29) is 18.2 Å². The van der Waals surface area contributed by atoms with Gasteiger partial charge in [-0.25, -0.2) is 4.90 Å². The van der Waals surface area contributed by atoms with Crippen molar-refractivity contribution in [3.05, 3.63) is 24.3 Å². The van der Waals surface area contributed by atoms with Crippen LogP contribution in [0.3, 0.4) is 0 Å². The highest BCUT2D eigenvalue weighted by Gasteiger charge is 2.39. The maximum Gasteiger partial charge on any atom is 0.251 e. The minimum Gasteiger partial charge on any atom is -0.497 e. The van der Waals surface area contributed by atoms with Crippen LogP contribution in [-0.2, 0) is 14.3 Å². The Morgan fingerprint density at radius 2 is 1.92 bits per heavy atom. The number of imide groups is 1. The third kappa shape index (κ3) is 3.75. The zero-order valence-electron chi connectivity index (χ0n) is 13.9. The van der Waals surface area contributed by atoms with Gasteiger partial charge in [-0.1, -0.05) is 0 Å². The highest BCUT2D eigenvalue weighted by Crippen LogP contribution is 2.25. The van der Waals surface area contributed by atoms with Crippen LogP contribution >= 0.6 is 0 Å². The minimum atomic E-state index is -0.444. The van der Waals surface area contributed by atoms with E-state index < -0.39 is 6.04 Å². The Labute approximate surface area is 141 Å². The molecule has 1 atom stereocenters. The molecule has 1 aromatic carbocycles. The van der Waals surface area contributed by atoms with Gasteiger partial charge in [0.15, 0.2) is 0 Å². The van der Waals surface area contributed by atoms with Crippen LogP contribution in [0.5, 0.6) is 5.75 Å². The first-order valence-electron chi connectivity index (χ1n) is 8.23. The van der Waals surface area contributed by atoms with Crippen LogP contribution in [0.4, 0.5) is 5.69 Å². The fraction of sp³-hybridized carbons (Fsp3) is 0.529. The van der Waals surface area contributed by atoms with Crippen LogP contribution in [0.2, 0.25) is 0 Å². The van der Waals surface area contributed by atoms with E-state index >= 15 is 0 Å². The molecule has 7 nitrogen and oxygen atoms in total. The van der Waals surface area contributed by atoms with Crippen molar-refractivity contribution in [2.24, 2.45) is 0 Å². The monoisotopic (exact) mass is 333 g/mol. The first-order valence-corrected chi connectivity index (χ1v) is 8.23. The minimum absolute atomic E-state index is 0.172. The van der Waals surface area contributed by atoms with Gasteiger partial charge < -0.3 is 14.8 Å². The lowest BCUT2D eigenvalue weighted by atomic mass is 10.2. The predicted molar refractivity (Wildman–Crippen MR) is 89.2 cm³/mol. The molecule has 0 spiro atoms. The number of ether oxygens (including phenoxy) is 2. The quantitative estimate of drug-likeness (QED) is 0.753. The fourth-order valence-corrected chi connectivity index (χ4v) is 3.02. The van der Waals surface area contributed by atoms with E-state index in [1.807, 2.05) is 0 Å². The number of rotatable bonds is 6. The number of carbonyl (C=O) groups is 2. The molecule has 24 heavy (non-hydrogen) atoms. The number of hydrogen-bond donors (Lipinski definition) is 1. The van der Waals surface area contributed by atoms with Crippen molar-refractivity contribution in [1.82, 2.24) is 10.2 Å². The number of anilines is 1. The molecular weight excluding hydrogens is 310 g/mol. The molecule has 2 aliphatic heterocycles. The Kier molecular flexibility index (Phi) is 5.44. The number of amides is 2. The maximum absolute atomic E-state index is 12.5. The SMILES string of the molecule is COc1ccc(N2C(=O)C[C@@H](NCCN3CCOCC3)C2=O)cc1. The smallest absolute Gasteiger partial charge is 0.251 e. The van der Waals surface area contributed by atoms with Crippen molar-refractivity contribution < 1.29 is 19.1 Å². The van der Waals surface area contributed by atoms with Crippen molar-refractivity contribution >= 4 is 17.5 Å². The molecule has 7 heteroatoms. The van der Waals surface area contributed by atoms with Crippen LogP contribution < -0.4 is 15.0 Å². The summed E-state index contributed by atoms with van der Waals surface area (Å²) in [7, 11) is 1.58. The molecule has 2 amide bonds. The van der Waals surface area contributed by atoms with Gasteiger partial charge in [-0.2, -0.15) is 0 Å². The Balaban J connectivity index is 1.54. The van der Waals surface area contributed by atoms with Crippen molar-refractivity contribution in [3.63, 3.8) is 0 Å². The topological polar surface area (TPSA) is 71.1 Å². The molecule has 2 aliphatic rings. The van der Waals surface area contributed by atoms with E-state index in [0.29, 0.717) is 18.0 Å². The van der Waals surface area contributed by atoms with Gasteiger partial charge in [0, 0.05) is 26.2 Å². The lowest BCUT2D eigenvalue weighted by Gasteiger charge is -2.27. The summed E-state index contributed by atoms with van der Waals surface area (Å²) in [6.07, 6.45) is 0.202. The van der Waals surface area contributed by atoms with Gasteiger partial charge in [0.2, 0.25) is 5.91 Å². The van der Waals surface area contributed by atoms with Crippen LogP contribution in [0.15, 0.2) is 24.3 Å². The molecule has 2 heterocycles. The van der Waals surface area contributed by atoms with Crippen LogP contribution in [0.25, 0.3) is 0 Å². The van der Waals surface area contributed by atoms with Gasteiger partial charge in [0.1, 0.15) is 5.75 Å². The van der Waals surface area contributed by atoms with Crippen molar-refractivity contribution in [2.75, 3.05) is 51.4 Å². The van der Waals surface area contributed by atoms with Gasteiger partial charge >= 0.3 is 0 Å². The first-order chi connectivity index (χ1) is 11.7. The second-order valence-corrected chi connectivity index (χ2v) is 5.93. The Morgan fingerprint density at radius 3 is 2.58 bits per heavy atom. The zero-order valence-corrected chi connectivity index (χ0v) is 13.9. The summed E-state index contributed by atoms with van der Waals surface area (Å²) in [5, 5.41) is 3.21. The van der Waals surface area contributed by atoms with Gasteiger partial charge in [0.05, 0.1) is 38.5 Å². The lowest BCUT2D eigenvalue weighted by Crippen LogP contribution is -2.44. The van der Waals surface area contributed by atoms with Gasteiger partial charge in [0.25, 0.3) is 5.91 Å². The van der Waals surface area contributed by atoms with E-state index in [1.165, 1.54) is 4.90 Å². The first kappa shape index (κ1) is 16.9. The number of morpholine rings is 1. The summed E-state index contributed by atoms with van der Waals surface area (Å²) in [5.41, 5.74) is 0.586. The third-order valence-corrected chi connectivity index (χ3v) is 4.40. The number of benzene rings is 1. The Bertz CT molecular complexity index is 584. The molecule has 130 valence electrons. The molecule has 0 aromatic heterocycles. The van der Waals surface area contributed by atoms with E-state index in [0.717, 1.165) is 32.8 Å². The van der Waals surface area contributed by atoms with Gasteiger partial charge in [-0.15, -0.1) is 0 Å². The third-order valence-electron chi connectivity index (χ3n) is 4.40. The predicted octanol–water partition coefficient (Wildman–Crippen LogP) is 0.249. The molecule has 1 aromatic rings. The number of hydrogen-bond acceptors (Lipinski definition) is 6. The van der Waals surface area contributed by atoms with Crippen LogP contribution in [0.1, 0.15) is 6.42 Å². The summed E-state index contributed by atoms with van der Waals surface area (Å²) < 4.78 is 10.4. The largest absolute Gasteiger partial charge is 0.497 e. The number of carbonyl (C=O) groups excluding carboxylic acids is 2. The number of methoxy groups -OCH3 is 1. The van der Waals surface area contributed by atoms with Crippen molar-refractivity contribution in [1.29, 1.82) is 0 Å². The van der Waals surface area contributed by atoms with Crippen LogP contribution in [0, 0.1) is 0 Å². The van der Waals surface area contributed by atoms with E-state index in [2.05, 4.69) is 10.2 Å². The molecule has 1 N–H and O–H groups in total.